The summed E-state index contributed by atoms with van der Waals surface area (Å²) in [4.78, 5) is 15.3. The summed E-state index contributed by atoms with van der Waals surface area (Å²) in [6, 6.07) is 5.34. The minimum Gasteiger partial charge on any atom is -0.497 e. The molecule has 5 heteroatoms. The smallest absolute Gasteiger partial charge is 0.262 e. The zero-order chi connectivity index (χ0) is 12.4. The van der Waals surface area contributed by atoms with Crippen molar-refractivity contribution in [2.75, 3.05) is 7.11 Å². The minimum atomic E-state index is -0.0653. The molecule has 0 atom stereocenters. The first-order chi connectivity index (χ1) is 8.17. The fourth-order valence-electron chi connectivity index (χ4n) is 1.78. The van der Waals surface area contributed by atoms with Crippen molar-refractivity contribution in [3.8, 4) is 5.75 Å². The molecule has 0 bridgehead atoms. The normalized spacial score (nSPS) is 10.7. The van der Waals surface area contributed by atoms with Gasteiger partial charge in [-0.3, -0.25) is 9.36 Å². The number of H-pyrrole nitrogens is 1. The average molecular weight is 250 g/mol. The second kappa shape index (κ2) is 4.71. The van der Waals surface area contributed by atoms with Crippen molar-refractivity contribution in [3.05, 3.63) is 33.3 Å². The van der Waals surface area contributed by atoms with Crippen LogP contribution in [0.5, 0.6) is 5.75 Å². The number of rotatable bonds is 3. The van der Waals surface area contributed by atoms with Crippen LogP contribution in [0, 0.1) is 4.77 Å². The molecule has 2 rings (SSSR count). The van der Waals surface area contributed by atoms with Crippen LogP contribution in [0.3, 0.4) is 0 Å². The highest BCUT2D eigenvalue weighted by molar-refractivity contribution is 7.71. The van der Waals surface area contributed by atoms with E-state index in [1.165, 1.54) is 0 Å². The summed E-state index contributed by atoms with van der Waals surface area (Å²) in [7, 11) is 1.58. The van der Waals surface area contributed by atoms with Gasteiger partial charge in [-0.15, -0.1) is 0 Å². The van der Waals surface area contributed by atoms with Crippen molar-refractivity contribution in [1.29, 1.82) is 0 Å². The molecule has 0 saturated carbocycles. The molecule has 0 spiro atoms. The maximum atomic E-state index is 12.2. The Morgan fingerprint density at radius 3 is 2.88 bits per heavy atom. The number of nitrogens with one attached hydrogen (secondary N) is 1. The lowest BCUT2D eigenvalue weighted by Gasteiger charge is -2.07. The molecule has 90 valence electrons. The van der Waals surface area contributed by atoms with Gasteiger partial charge in [0.1, 0.15) is 5.75 Å². The van der Waals surface area contributed by atoms with E-state index in [1.54, 1.807) is 23.8 Å². The van der Waals surface area contributed by atoms with Gasteiger partial charge < -0.3 is 9.72 Å². The van der Waals surface area contributed by atoms with E-state index in [0.29, 0.717) is 22.5 Å². The van der Waals surface area contributed by atoms with Gasteiger partial charge in [-0.1, -0.05) is 6.92 Å². The van der Waals surface area contributed by atoms with Crippen molar-refractivity contribution >= 4 is 23.1 Å². The lowest BCUT2D eigenvalue weighted by atomic mass is 10.2. The summed E-state index contributed by atoms with van der Waals surface area (Å²) < 4.78 is 7.17. The van der Waals surface area contributed by atoms with Crippen molar-refractivity contribution < 1.29 is 4.74 Å². The topological polar surface area (TPSA) is 47.0 Å². The van der Waals surface area contributed by atoms with E-state index in [0.717, 1.165) is 11.9 Å². The number of methoxy groups -OCH3 is 1. The molecule has 1 aromatic carbocycles. The molecule has 0 fully saturated rings. The monoisotopic (exact) mass is 250 g/mol. The summed E-state index contributed by atoms with van der Waals surface area (Å²) in [5, 5.41) is 0.603. The molecule has 0 unspecified atom stereocenters. The molecular formula is C12H14N2O2S. The van der Waals surface area contributed by atoms with Gasteiger partial charge in [0, 0.05) is 6.54 Å². The van der Waals surface area contributed by atoms with E-state index < -0.39 is 0 Å². The van der Waals surface area contributed by atoms with Crippen LogP contribution in [0.15, 0.2) is 23.0 Å². The predicted molar refractivity (Wildman–Crippen MR) is 70.2 cm³/mol. The first kappa shape index (κ1) is 11.9. The highest BCUT2D eigenvalue weighted by Gasteiger charge is 2.05. The van der Waals surface area contributed by atoms with Crippen LogP contribution in [0.1, 0.15) is 13.3 Å². The highest BCUT2D eigenvalue weighted by atomic mass is 32.1. The van der Waals surface area contributed by atoms with Crippen molar-refractivity contribution in [1.82, 2.24) is 9.55 Å². The maximum Gasteiger partial charge on any atom is 0.262 e. The lowest BCUT2D eigenvalue weighted by Crippen LogP contribution is -2.22. The van der Waals surface area contributed by atoms with Crippen molar-refractivity contribution in [3.63, 3.8) is 0 Å². The van der Waals surface area contributed by atoms with Gasteiger partial charge in [0.05, 0.1) is 18.0 Å². The fourth-order valence-corrected chi connectivity index (χ4v) is 2.07. The Bertz CT molecular complexity index is 658. The standard InChI is InChI=1S/C12H14N2O2S/c1-3-6-14-11(15)9-7-8(16-2)4-5-10(9)13-12(14)17/h4-5,7H,3,6H2,1-2H3,(H,13,17). The Hall–Kier alpha value is -1.62. The summed E-state index contributed by atoms with van der Waals surface area (Å²) in [6.45, 7) is 2.64. The number of aromatic nitrogens is 2. The first-order valence-electron chi connectivity index (χ1n) is 5.48. The van der Waals surface area contributed by atoms with Crippen LogP contribution in [0.4, 0.5) is 0 Å². The molecule has 0 aliphatic rings. The molecule has 17 heavy (non-hydrogen) atoms. The third kappa shape index (κ3) is 2.10. The molecule has 0 radical (unpaired) electrons. The Morgan fingerprint density at radius 1 is 1.47 bits per heavy atom. The van der Waals surface area contributed by atoms with E-state index in [9.17, 15) is 4.79 Å². The van der Waals surface area contributed by atoms with Crippen LogP contribution >= 0.6 is 12.2 Å². The molecule has 1 N–H and O–H groups in total. The second-order valence-electron chi connectivity index (χ2n) is 3.80. The Balaban J connectivity index is 2.79. The first-order valence-corrected chi connectivity index (χ1v) is 5.89. The van der Waals surface area contributed by atoms with Crippen LogP contribution < -0.4 is 10.3 Å². The lowest BCUT2D eigenvalue weighted by molar-refractivity contribution is 0.415. The van der Waals surface area contributed by atoms with Gasteiger partial charge >= 0.3 is 0 Å². The molecule has 4 nitrogen and oxygen atoms in total. The van der Waals surface area contributed by atoms with Gasteiger partial charge in [-0.2, -0.15) is 0 Å². The number of ether oxygens (including phenoxy) is 1. The van der Waals surface area contributed by atoms with Gasteiger partial charge in [-0.05, 0) is 36.8 Å². The zero-order valence-electron chi connectivity index (χ0n) is 9.82. The van der Waals surface area contributed by atoms with Crippen LogP contribution in [0.25, 0.3) is 10.9 Å². The van der Waals surface area contributed by atoms with E-state index in [2.05, 4.69) is 4.98 Å². The van der Waals surface area contributed by atoms with E-state index in [-0.39, 0.29) is 5.56 Å². The number of hydrogen-bond acceptors (Lipinski definition) is 3. The molecule has 0 amide bonds. The third-order valence-electron chi connectivity index (χ3n) is 2.64. The maximum absolute atomic E-state index is 12.2. The molecule has 0 saturated heterocycles. The highest BCUT2D eigenvalue weighted by Crippen LogP contribution is 2.16. The zero-order valence-corrected chi connectivity index (χ0v) is 10.6. The van der Waals surface area contributed by atoms with E-state index in [4.69, 9.17) is 17.0 Å². The quantitative estimate of drug-likeness (QED) is 0.851. The molecule has 1 aromatic heterocycles. The van der Waals surface area contributed by atoms with Crippen LogP contribution in [0.2, 0.25) is 0 Å². The van der Waals surface area contributed by atoms with Gasteiger partial charge in [0.15, 0.2) is 4.77 Å². The molecule has 2 aromatic rings. The summed E-state index contributed by atoms with van der Waals surface area (Å²) >= 11 is 5.17. The fraction of sp³-hybridized carbons (Fsp3) is 0.333. The van der Waals surface area contributed by atoms with Crippen molar-refractivity contribution in [2.45, 2.75) is 19.9 Å². The van der Waals surface area contributed by atoms with Crippen LogP contribution in [-0.4, -0.2) is 16.7 Å². The number of aromatic amines is 1. The van der Waals surface area contributed by atoms with Crippen molar-refractivity contribution in [2.24, 2.45) is 0 Å². The Morgan fingerprint density at radius 2 is 2.24 bits per heavy atom. The summed E-state index contributed by atoms with van der Waals surface area (Å²) in [5.41, 5.74) is 0.678. The van der Waals surface area contributed by atoms with E-state index >= 15 is 0 Å². The Kier molecular flexibility index (Phi) is 3.28. The molecule has 1 heterocycles. The molecular weight excluding hydrogens is 236 g/mol. The van der Waals surface area contributed by atoms with Crippen LogP contribution in [-0.2, 0) is 6.54 Å². The predicted octanol–water partition coefficient (Wildman–Crippen LogP) is 2.48. The molecule has 0 aliphatic carbocycles. The average Bonchev–Trinajstić information content (AvgIpc) is 2.34. The van der Waals surface area contributed by atoms with Gasteiger partial charge in [-0.25, -0.2) is 0 Å². The minimum absolute atomic E-state index is 0.0653. The SMILES string of the molecule is CCCn1c(=S)[nH]c2ccc(OC)cc2c1=O. The molecule has 0 aliphatic heterocycles. The van der Waals surface area contributed by atoms with Gasteiger partial charge in [0.25, 0.3) is 5.56 Å². The third-order valence-corrected chi connectivity index (χ3v) is 2.96. The number of nitrogens with zero attached hydrogens (tertiary/aromatic N) is 1. The second-order valence-corrected chi connectivity index (χ2v) is 4.19. The number of fused-ring (bicyclic) bond motifs is 1. The summed E-state index contributed by atoms with van der Waals surface area (Å²) in [6.07, 6.45) is 0.868. The Labute approximate surface area is 104 Å². The van der Waals surface area contributed by atoms with Gasteiger partial charge in [0.2, 0.25) is 0 Å². The van der Waals surface area contributed by atoms with E-state index in [1.807, 2.05) is 13.0 Å². The largest absolute Gasteiger partial charge is 0.497 e. The number of hydrogen-bond donors (Lipinski definition) is 1. The summed E-state index contributed by atoms with van der Waals surface area (Å²) in [5.74, 6) is 0.670. The number of benzene rings is 1.